The molecule has 0 aliphatic heterocycles. The van der Waals surface area contributed by atoms with Crippen LogP contribution < -0.4 is 5.32 Å². The second kappa shape index (κ2) is 7.44. The van der Waals surface area contributed by atoms with Crippen molar-refractivity contribution in [2.24, 2.45) is 0 Å². The van der Waals surface area contributed by atoms with E-state index in [1.165, 1.54) is 42.5 Å². The Morgan fingerprint density at radius 3 is 3.21 bits per heavy atom. The molecule has 0 saturated carbocycles. The molecule has 1 atom stereocenters. The molecule has 2 rings (SSSR count). The maximum Gasteiger partial charge on any atom is 0.0506 e. The topological polar surface area (TPSA) is 24.9 Å². The van der Waals surface area contributed by atoms with Crippen LogP contribution in [-0.4, -0.2) is 18.1 Å². The monoisotopic (exact) mass is 258 g/mol. The van der Waals surface area contributed by atoms with Gasteiger partial charge in [-0.3, -0.25) is 4.98 Å². The lowest BCUT2D eigenvalue weighted by molar-refractivity contribution is 0.587. The molecule has 1 aromatic rings. The normalized spacial score (nSPS) is 19.3. The number of pyridine rings is 1. The number of aromatic nitrogens is 1. The van der Waals surface area contributed by atoms with Gasteiger partial charge in [0.2, 0.25) is 0 Å². The third-order valence-electron chi connectivity index (χ3n) is 3.96. The molecule has 0 bridgehead atoms. The van der Waals surface area contributed by atoms with Gasteiger partial charge in [0.25, 0.3) is 0 Å². The van der Waals surface area contributed by atoms with E-state index in [0.717, 1.165) is 19.5 Å². The van der Waals surface area contributed by atoms with Gasteiger partial charge in [-0.1, -0.05) is 24.6 Å². The first-order chi connectivity index (χ1) is 9.33. The van der Waals surface area contributed by atoms with Crippen LogP contribution in [-0.2, 0) is 6.42 Å². The zero-order valence-electron chi connectivity index (χ0n) is 12.3. The van der Waals surface area contributed by atoms with Crippen LogP contribution in [0.4, 0.5) is 0 Å². The fourth-order valence-corrected chi connectivity index (χ4v) is 2.90. The van der Waals surface area contributed by atoms with Gasteiger partial charge in [-0.2, -0.15) is 0 Å². The minimum atomic E-state index is 0.552. The number of hydrogen-bond acceptors (Lipinski definition) is 2. The SMILES string of the molecule is CCCNCCC=C(C)C1CCCc2cccnc21. The number of fused-ring (bicyclic) bond motifs is 1. The Labute approximate surface area is 117 Å². The van der Waals surface area contributed by atoms with E-state index in [0.29, 0.717) is 5.92 Å². The lowest BCUT2D eigenvalue weighted by atomic mass is 9.82. The Bertz CT molecular complexity index is 423. The molecule has 1 aliphatic rings. The molecule has 1 heterocycles. The summed E-state index contributed by atoms with van der Waals surface area (Å²) in [5, 5.41) is 3.45. The molecule has 0 saturated heterocycles. The summed E-state index contributed by atoms with van der Waals surface area (Å²) >= 11 is 0. The van der Waals surface area contributed by atoms with Crippen molar-refractivity contribution < 1.29 is 0 Å². The molecule has 1 unspecified atom stereocenters. The van der Waals surface area contributed by atoms with Gasteiger partial charge in [0.05, 0.1) is 5.69 Å². The Hall–Kier alpha value is -1.15. The summed E-state index contributed by atoms with van der Waals surface area (Å²) in [5.41, 5.74) is 4.28. The van der Waals surface area contributed by atoms with E-state index in [1.807, 2.05) is 6.20 Å². The van der Waals surface area contributed by atoms with Crippen LogP contribution in [0.25, 0.3) is 0 Å². The third kappa shape index (κ3) is 3.90. The first-order valence-electron chi connectivity index (χ1n) is 7.64. The highest BCUT2D eigenvalue weighted by molar-refractivity contribution is 5.32. The second-order valence-electron chi connectivity index (χ2n) is 5.48. The van der Waals surface area contributed by atoms with Crippen molar-refractivity contribution >= 4 is 0 Å². The van der Waals surface area contributed by atoms with Gasteiger partial charge in [-0.05, 0) is 63.7 Å². The van der Waals surface area contributed by atoms with Gasteiger partial charge >= 0.3 is 0 Å². The molecule has 19 heavy (non-hydrogen) atoms. The molecule has 2 heteroatoms. The summed E-state index contributed by atoms with van der Waals surface area (Å²) in [6.45, 7) is 6.70. The number of nitrogens with one attached hydrogen (secondary N) is 1. The molecule has 1 N–H and O–H groups in total. The molecule has 0 fully saturated rings. The fraction of sp³-hybridized carbons (Fsp3) is 0.588. The summed E-state index contributed by atoms with van der Waals surface area (Å²) < 4.78 is 0. The molecule has 1 aliphatic carbocycles. The van der Waals surface area contributed by atoms with Crippen molar-refractivity contribution in [2.45, 2.75) is 51.9 Å². The highest BCUT2D eigenvalue weighted by atomic mass is 14.8. The second-order valence-corrected chi connectivity index (χ2v) is 5.48. The average molecular weight is 258 g/mol. The van der Waals surface area contributed by atoms with Crippen LogP contribution in [0.15, 0.2) is 30.0 Å². The van der Waals surface area contributed by atoms with E-state index >= 15 is 0 Å². The van der Waals surface area contributed by atoms with Gasteiger partial charge in [-0.25, -0.2) is 0 Å². The Kier molecular flexibility index (Phi) is 5.59. The first kappa shape index (κ1) is 14.3. The highest BCUT2D eigenvalue weighted by Crippen LogP contribution is 2.34. The van der Waals surface area contributed by atoms with Crippen LogP contribution in [0.2, 0.25) is 0 Å². The lowest BCUT2D eigenvalue weighted by Gasteiger charge is -2.25. The molecule has 104 valence electrons. The predicted molar refractivity (Wildman–Crippen MR) is 81.5 cm³/mol. The van der Waals surface area contributed by atoms with E-state index in [1.54, 1.807) is 0 Å². The maximum atomic E-state index is 4.62. The molecule has 0 spiro atoms. The van der Waals surface area contributed by atoms with Crippen molar-refractivity contribution in [1.29, 1.82) is 0 Å². The number of hydrogen-bond donors (Lipinski definition) is 1. The molecule has 0 amide bonds. The van der Waals surface area contributed by atoms with E-state index in [4.69, 9.17) is 0 Å². The molecule has 0 radical (unpaired) electrons. The van der Waals surface area contributed by atoms with Gasteiger partial charge in [0, 0.05) is 12.1 Å². The van der Waals surface area contributed by atoms with Crippen LogP contribution in [0.5, 0.6) is 0 Å². The Balaban J connectivity index is 1.96. The van der Waals surface area contributed by atoms with E-state index in [9.17, 15) is 0 Å². The van der Waals surface area contributed by atoms with Crippen molar-refractivity contribution in [3.63, 3.8) is 0 Å². The molecule has 0 aromatic carbocycles. The number of nitrogens with zero attached hydrogens (tertiary/aromatic N) is 1. The fourth-order valence-electron chi connectivity index (χ4n) is 2.90. The van der Waals surface area contributed by atoms with Crippen molar-refractivity contribution in [3.05, 3.63) is 41.2 Å². The quantitative estimate of drug-likeness (QED) is 0.619. The molecular formula is C17H26N2. The van der Waals surface area contributed by atoms with Gasteiger partial charge in [0.15, 0.2) is 0 Å². The Morgan fingerprint density at radius 2 is 2.37 bits per heavy atom. The zero-order valence-corrected chi connectivity index (χ0v) is 12.3. The third-order valence-corrected chi connectivity index (χ3v) is 3.96. The van der Waals surface area contributed by atoms with Crippen molar-refractivity contribution in [2.75, 3.05) is 13.1 Å². The van der Waals surface area contributed by atoms with Crippen molar-refractivity contribution in [1.82, 2.24) is 10.3 Å². The van der Waals surface area contributed by atoms with Crippen LogP contribution >= 0.6 is 0 Å². The van der Waals surface area contributed by atoms with Crippen molar-refractivity contribution in [3.8, 4) is 0 Å². The van der Waals surface area contributed by atoms with Crippen LogP contribution in [0.1, 0.15) is 56.7 Å². The summed E-state index contributed by atoms with van der Waals surface area (Å²) in [5.74, 6) is 0.552. The number of rotatable bonds is 6. The molecular weight excluding hydrogens is 232 g/mol. The Morgan fingerprint density at radius 1 is 1.47 bits per heavy atom. The van der Waals surface area contributed by atoms with E-state index in [-0.39, 0.29) is 0 Å². The molecule has 1 aromatic heterocycles. The number of aryl methyl sites for hydroxylation is 1. The van der Waals surface area contributed by atoms with Gasteiger partial charge in [0.1, 0.15) is 0 Å². The van der Waals surface area contributed by atoms with Crippen LogP contribution in [0, 0.1) is 0 Å². The lowest BCUT2D eigenvalue weighted by Crippen LogP contribution is -2.16. The average Bonchev–Trinajstić information content (AvgIpc) is 2.46. The summed E-state index contributed by atoms with van der Waals surface area (Å²) in [6, 6.07) is 4.31. The highest BCUT2D eigenvalue weighted by Gasteiger charge is 2.22. The summed E-state index contributed by atoms with van der Waals surface area (Å²) in [6.07, 6.45) is 10.4. The standard InChI is InChI=1S/C17H26N2/c1-3-11-18-12-5-7-14(2)16-10-4-8-15-9-6-13-19-17(15)16/h6-7,9,13,16,18H,3-5,8,10-12H2,1-2H3. The maximum absolute atomic E-state index is 4.62. The molecule has 2 nitrogen and oxygen atoms in total. The minimum absolute atomic E-state index is 0.552. The van der Waals surface area contributed by atoms with E-state index in [2.05, 4.69) is 42.4 Å². The van der Waals surface area contributed by atoms with Gasteiger partial charge in [-0.15, -0.1) is 0 Å². The smallest absolute Gasteiger partial charge is 0.0506 e. The minimum Gasteiger partial charge on any atom is -0.316 e. The predicted octanol–water partition coefficient (Wildman–Crippen LogP) is 3.84. The van der Waals surface area contributed by atoms with Gasteiger partial charge < -0.3 is 5.32 Å². The number of allylic oxidation sites excluding steroid dienone is 1. The summed E-state index contributed by atoms with van der Waals surface area (Å²) in [7, 11) is 0. The first-order valence-corrected chi connectivity index (χ1v) is 7.64. The summed E-state index contributed by atoms with van der Waals surface area (Å²) in [4.78, 5) is 4.62. The largest absolute Gasteiger partial charge is 0.316 e. The zero-order chi connectivity index (χ0) is 13.5. The van der Waals surface area contributed by atoms with Crippen LogP contribution in [0.3, 0.4) is 0 Å². The van der Waals surface area contributed by atoms with E-state index < -0.39 is 0 Å².